The first-order valence-electron chi connectivity index (χ1n) is 11.9. The molecule has 0 N–H and O–H groups in total. The summed E-state index contributed by atoms with van der Waals surface area (Å²) < 4.78 is 7.04. The lowest BCUT2D eigenvalue weighted by Crippen LogP contribution is -2.66. The molecule has 176 valence electrons. The van der Waals surface area contributed by atoms with E-state index < -0.39 is 8.32 Å². The van der Waals surface area contributed by atoms with E-state index in [9.17, 15) is 4.79 Å². The Bertz CT molecular complexity index is 1230. The van der Waals surface area contributed by atoms with Gasteiger partial charge in [0, 0.05) is 0 Å². The third kappa shape index (κ3) is 5.58. The van der Waals surface area contributed by atoms with Crippen LogP contribution in [0.25, 0.3) is 0 Å². The minimum absolute atomic E-state index is 0.0459. The molecule has 0 aliphatic carbocycles. The molecule has 0 amide bonds. The molecule has 0 radical (unpaired) electrons. The first kappa shape index (κ1) is 24.6. The Labute approximate surface area is 209 Å². The molecule has 4 heteroatoms. The van der Waals surface area contributed by atoms with Crippen molar-refractivity contribution in [3.8, 4) is 0 Å². The highest BCUT2D eigenvalue weighted by Gasteiger charge is 2.50. The second kappa shape index (κ2) is 10.8. The zero-order valence-corrected chi connectivity index (χ0v) is 21.6. The van der Waals surface area contributed by atoms with E-state index in [-0.39, 0.29) is 5.04 Å². The van der Waals surface area contributed by atoms with E-state index in [1.54, 1.807) is 6.08 Å². The molecule has 0 aromatic heterocycles. The lowest BCUT2D eigenvalue weighted by Gasteiger charge is -2.43. The van der Waals surface area contributed by atoms with Gasteiger partial charge in [-0.05, 0) is 50.7 Å². The topological polar surface area (TPSA) is 38.7 Å². The van der Waals surface area contributed by atoms with Gasteiger partial charge in [0.1, 0.15) is 0 Å². The Hall–Kier alpha value is -3.56. The normalized spacial score (nSPS) is 11.6. The first-order valence-corrected chi connectivity index (χ1v) is 13.8. The molecule has 0 aliphatic rings. The molecule has 35 heavy (non-hydrogen) atoms. The second-order valence-corrected chi connectivity index (χ2v) is 14.1. The molecular weight excluding hydrogens is 446 g/mol. The Balaban J connectivity index is 1.57. The van der Waals surface area contributed by atoms with Crippen molar-refractivity contribution in [3.05, 3.63) is 126 Å². The summed E-state index contributed by atoms with van der Waals surface area (Å²) in [4.78, 5) is 14.1. The van der Waals surface area contributed by atoms with Crippen molar-refractivity contribution in [1.29, 1.82) is 0 Å². The Kier molecular flexibility index (Phi) is 7.57. The van der Waals surface area contributed by atoms with Gasteiger partial charge in [-0.1, -0.05) is 118 Å². The van der Waals surface area contributed by atoms with Crippen LogP contribution in [0.5, 0.6) is 0 Å². The standard InChI is InChI=1S/C31H31NO2Si/c1-31(2,3)35(29-10-6-4-7-11-29,30-12-8-5-9-13-30)34-23-27-16-14-25(15-17-27)22-26-18-20-28(21-19-26)32-24-33/h4-21H,22-23H2,1-3H3. The van der Waals surface area contributed by atoms with Crippen molar-refractivity contribution >= 4 is 30.5 Å². The van der Waals surface area contributed by atoms with Crippen LogP contribution in [0.4, 0.5) is 5.69 Å². The van der Waals surface area contributed by atoms with E-state index >= 15 is 0 Å². The molecular formula is C31H31NO2Si. The fourth-order valence-electron chi connectivity index (χ4n) is 4.68. The molecule has 0 saturated carbocycles. The number of aliphatic imine (C=N–C) groups is 1. The maximum Gasteiger partial charge on any atom is 0.261 e. The average Bonchev–Trinajstić information content (AvgIpc) is 2.87. The fraction of sp³-hybridized carbons (Fsp3) is 0.194. The Morgan fingerprint density at radius 1 is 0.686 bits per heavy atom. The van der Waals surface area contributed by atoms with Gasteiger partial charge >= 0.3 is 0 Å². The number of hydrogen-bond acceptors (Lipinski definition) is 3. The zero-order valence-electron chi connectivity index (χ0n) is 20.6. The summed E-state index contributed by atoms with van der Waals surface area (Å²) in [7, 11) is -2.56. The average molecular weight is 478 g/mol. The summed E-state index contributed by atoms with van der Waals surface area (Å²) >= 11 is 0. The zero-order chi connectivity index (χ0) is 24.7. The third-order valence-electron chi connectivity index (χ3n) is 6.41. The molecule has 0 atom stereocenters. The number of nitrogens with zero attached hydrogens (tertiary/aromatic N) is 1. The van der Waals surface area contributed by atoms with Gasteiger partial charge in [-0.2, -0.15) is 4.99 Å². The summed E-state index contributed by atoms with van der Waals surface area (Å²) in [5, 5.41) is 2.53. The van der Waals surface area contributed by atoms with Crippen LogP contribution in [0.3, 0.4) is 0 Å². The van der Waals surface area contributed by atoms with E-state index in [1.165, 1.54) is 21.5 Å². The first-order chi connectivity index (χ1) is 16.9. The highest BCUT2D eigenvalue weighted by molar-refractivity contribution is 6.99. The van der Waals surface area contributed by atoms with Gasteiger partial charge in [-0.3, -0.25) is 0 Å². The van der Waals surface area contributed by atoms with Crippen molar-refractivity contribution in [2.24, 2.45) is 4.99 Å². The molecule has 3 nitrogen and oxygen atoms in total. The third-order valence-corrected chi connectivity index (χ3v) is 11.4. The quantitative estimate of drug-likeness (QED) is 0.169. The number of carbonyl (C=O) groups excluding carboxylic acids is 1. The highest BCUT2D eigenvalue weighted by atomic mass is 28.4. The number of isocyanates is 1. The molecule has 0 spiro atoms. The molecule has 4 aromatic rings. The molecule has 0 saturated heterocycles. The molecule has 4 aromatic carbocycles. The van der Waals surface area contributed by atoms with Crippen LogP contribution in [-0.4, -0.2) is 14.4 Å². The van der Waals surface area contributed by atoms with Crippen molar-refractivity contribution in [3.63, 3.8) is 0 Å². The summed E-state index contributed by atoms with van der Waals surface area (Å²) in [6.07, 6.45) is 2.40. The Morgan fingerprint density at radius 3 is 1.60 bits per heavy atom. The van der Waals surface area contributed by atoms with Crippen molar-refractivity contribution in [2.45, 2.75) is 38.8 Å². The maximum atomic E-state index is 10.4. The predicted octanol–water partition coefficient (Wildman–Crippen LogP) is 6.32. The largest absolute Gasteiger partial charge is 0.403 e. The lowest BCUT2D eigenvalue weighted by atomic mass is 10.0. The van der Waals surface area contributed by atoms with Crippen LogP contribution >= 0.6 is 0 Å². The molecule has 0 fully saturated rings. The highest BCUT2D eigenvalue weighted by Crippen LogP contribution is 2.37. The summed E-state index contributed by atoms with van der Waals surface area (Å²) in [6.45, 7) is 7.46. The molecule has 0 bridgehead atoms. The molecule has 0 heterocycles. The van der Waals surface area contributed by atoms with Crippen LogP contribution in [0.15, 0.2) is 114 Å². The van der Waals surface area contributed by atoms with Crippen LogP contribution in [0.1, 0.15) is 37.5 Å². The van der Waals surface area contributed by atoms with Crippen molar-refractivity contribution in [2.75, 3.05) is 0 Å². The fourth-order valence-corrected chi connectivity index (χ4v) is 9.22. The predicted molar refractivity (Wildman–Crippen MR) is 146 cm³/mol. The van der Waals surface area contributed by atoms with Gasteiger partial charge in [0.15, 0.2) is 0 Å². The second-order valence-electron chi connectivity index (χ2n) is 9.81. The van der Waals surface area contributed by atoms with Crippen LogP contribution in [0.2, 0.25) is 5.04 Å². The van der Waals surface area contributed by atoms with Gasteiger partial charge in [0.05, 0.1) is 12.3 Å². The molecule has 0 unspecified atom stereocenters. The Morgan fingerprint density at radius 2 is 1.14 bits per heavy atom. The lowest BCUT2D eigenvalue weighted by molar-refractivity contribution is 0.286. The van der Waals surface area contributed by atoms with E-state index in [4.69, 9.17) is 4.43 Å². The monoisotopic (exact) mass is 477 g/mol. The number of hydrogen-bond donors (Lipinski definition) is 0. The summed E-state index contributed by atoms with van der Waals surface area (Å²) in [5.41, 5.74) is 4.19. The van der Waals surface area contributed by atoms with E-state index in [2.05, 4.69) is 111 Å². The maximum absolute atomic E-state index is 10.4. The van der Waals surface area contributed by atoms with Gasteiger partial charge in [0.2, 0.25) is 6.08 Å². The van der Waals surface area contributed by atoms with Crippen molar-refractivity contribution < 1.29 is 9.22 Å². The number of rotatable bonds is 8. The van der Waals surface area contributed by atoms with Crippen LogP contribution in [-0.2, 0) is 22.2 Å². The van der Waals surface area contributed by atoms with Gasteiger partial charge in [0.25, 0.3) is 8.32 Å². The number of benzene rings is 4. The van der Waals surface area contributed by atoms with E-state index in [0.717, 1.165) is 12.0 Å². The van der Waals surface area contributed by atoms with Gasteiger partial charge < -0.3 is 4.43 Å². The van der Waals surface area contributed by atoms with E-state index in [0.29, 0.717) is 12.3 Å². The van der Waals surface area contributed by atoms with Crippen LogP contribution < -0.4 is 10.4 Å². The smallest absolute Gasteiger partial charge is 0.261 e. The van der Waals surface area contributed by atoms with Crippen molar-refractivity contribution in [1.82, 2.24) is 0 Å². The minimum atomic E-state index is -2.56. The minimum Gasteiger partial charge on any atom is -0.403 e. The SMILES string of the molecule is CC(C)(C)[Si](OCc1ccc(Cc2ccc(N=C=O)cc2)cc1)(c1ccccc1)c1ccccc1. The van der Waals surface area contributed by atoms with Crippen LogP contribution in [0, 0.1) is 0 Å². The summed E-state index contributed by atoms with van der Waals surface area (Å²) in [6, 6.07) is 37.8. The van der Waals surface area contributed by atoms with Gasteiger partial charge in [-0.15, -0.1) is 0 Å². The van der Waals surface area contributed by atoms with E-state index in [1.807, 2.05) is 24.3 Å². The summed E-state index contributed by atoms with van der Waals surface area (Å²) in [5.74, 6) is 0. The van der Waals surface area contributed by atoms with Gasteiger partial charge in [-0.25, -0.2) is 4.79 Å². The molecule has 4 rings (SSSR count). The molecule has 0 aliphatic heterocycles.